The highest BCUT2D eigenvalue weighted by Crippen LogP contribution is 2.34. The van der Waals surface area contributed by atoms with Crippen LogP contribution in [0.4, 0.5) is 0 Å². The van der Waals surface area contributed by atoms with Gasteiger partial charge >= 0.3 is 5.97 Å². The number of hydrogen-bond acceptors (Lipinski definition) is 3. The topological polar surface area (TPSA) is 64.4 Å². The number of carbonyl (C=O) groups is 1. The first kappa shape index (κ1) is 20.1. The summed E-state index contributed by atoms with van der Waals surface area (Å²) in [7, 11) is 0. The minimum Gasteiger partial charge on any atom is -0.480 e. The van der Waals surface area contributed by atoms with E-state index in [1.165, 1.54) is 16.8 Å². The van der Waals surface area contributed by atoms with Crippen molar-refractivity contribution in [1.82, 2.24) is 9.78 Å². The van der Waals surface area contributed by atoms with Gasteiger partial charge in [-0.25, -0.2) is 4.79 Å². The van der Waals surface area contributed by atoms with Gasteiger partial charge in [0.1, 0.15) is 11.2 Å². The number of ether oxygens (including phenoxy) is 1. The molecule has 1 saturated carbocycles. The van der Waals surface area contributed by atoms with E-state index < -0.39 is 5.97 Å². The molecule has 0 saturated heterocycles. The van der Waals surface area contributed by atoms with Gasteiger partial charge < -0.3 is 9.84 Å². The van der Waals surface area contributed by atoms with Crippen molar-refractivity contribution in [3.05, 3.63) is 40.6 Å². The van der Waals surface area contributed by atoms with Crippen LogP contribution in [-0.2, 0) is 22.5 Å². The molecule has 0 radical (unpaired) electrons. The van der Waals surface area contributed by atoms with Gasteiger partial charge in [0.25, 0.3) is 0 Å². The van der Waals surface area contributed by atoms with Crippen molar-refractivity contribution in [3.63, 3.8) is 0 Å². The number of aliphatic carboxylic acids is 1. The number of hydrogen-bond donors (Lipinski definition) is 1. The molecular formula is C21H27BrN2O3. The monoisotopic (exact) mass is 434 g/mol. The van der Waals surface area contributed by atoms with Gasteiger partial charge in [-0.15, -0.1) is 0 Å². The quantitative estimate of drug-likeness (QED) is 0.648. The first-order chi connectivity index (χ1) is 13.1. The third-order valence-corrected chi connectivity index (χ3v) is 5.94. The fourth-order valence-electron chi connectivity index (χ4n) is 4.00. The summed E-state index contributed by atoms with van der Waals surface area (Å²) in [6.45, 7) is 3.49. The van der Waals surface area contributed by atoms with Crippen molar-refractivity contribution in [1.29, 1.82) is 0 Å². The molecule has 0 unspecified atom stereocenters. The molecule has 1 aromatic carbocycles. The Balaban J connectivity index is 1.61. The molecule has 1 aromatic heterocycles. The molecule has 1 aliphatic carbocycles. The lowest BCUT2D eigenvalue weighted by Gasteiger charge is -2.28. The molecule has 146 valence electrons. The third kappa shape index (κ3) is 5.20. The highest BCUT2D eigenvalue weighted by atomic mass is 79.9. The maximum Gasteiger partial charge on any atom is 0.329 e. The molecular weight excluding hydrogens is 408 g/mol. The molecule has 0 spiro atoms. The molecule has 5 nitrogen and oxygen atoms in total. The smallest absolute Gasteiger partial charge is 0.329 e. The Labute approximate surface area is 168 Å². The second-order valence-electron chi connectivity index (χ2n) is 7.31. The van der Waals surface area contributed by atoms with Crippen LogP contribution < -0.4 is 0 Å². The van der Waals surface area contributed by atoms with Crippen molar-refractivity contribution >= 4 is 21.9 Å². The van der Waals surface area contributed by atoms with Gasteiger partial charge in [0.05, 0.1) is 6.61 Å². The van der Waals surface area contributed by atoms with Crippen molar-refractivity contribution in [2.24, 2.45) is 11.8 Å². The van der Waals surface area contributed by atoms with Crippen LogP contribution in [0.15, 0.2) is 34.9 Å². The lowest BCUT2D eigenvalue weighted by molar-refractivity contribution is -0.142. The second kappa shape index (κ2) is 9.51. The van der Waals surface area contributed by atoms with Crippen LogP contribution in [0.2, 0.25) is 0 Å². The SMILES string of the molecule is CCc1c(-c2ccccc2)c(Br)nn1C[C@H]1CC[C@H](COCC(=O)O)CC1. The highest BCUT2D eigenvalue weighted by Gasteiger charge is 2.24. The maximum atomic E-state index is 10.6. The Kier molecular flexibility index (Phi) is 7.07. The molecule has 0 atom stereocenters. The van der Waals surface area contributed by atoms with Crippen LogP contribution in [0.3, 0.4) is 0 Å². The van der Waals surface area contributed by atoms with Crippen LogP contribution in [0, 0.1) is 11.8 Å². The van der Waals surface area contributed by atoms with Gasteiger partial charge in [-0.1, -0.05) is 37.3 Å². The largest absolute Gasteiger partial charge is 0.480 e. The second-order valence-corrected chi connectivity index (χ2v) is 8.06. The molecule has 0 bridgehead atoms. The Morgan fingerprint density at radius 2 is 1.89 bits per heavy atom. The number of carboxylic acid groups (broad SMARTS) is 1. The van der Waals surface area contributed by atoms with Crippen LogP contribution >= 0.6 is 15.9 Å². The van der Waals surface area contributed by atoms with Gasteiger partial charge in [0, 0.05) is 17.8 Å². The highest BCUT2D eigenvalue weighted by molar-refractivity contribution is 9.10. The summed E-state index contributed by atoms with van der Waals surface area (Å²) in [5.41, 5.74) is 3.68. The van der Waals surface area contributed by atoms with Gasteiger partial charge in [0.2, 0.25) is 0 Å². The lowest BCUT2D eigenvalue weighted by Crippen LogP contribution is -2.23. The van der Waals surface area contributed by atoms with Gasteiger partial charge in [-0.05, 0) is 65.4 Å². The molecule has 27 heavy (non-hydrogen) atoms. The molecule has 1 aliphatic rings. The predicted octanol–water partition coefficient (Wildman–Crippen LogP) is 4.78. The fourth-order valence-corrected chi connectivity index (χ4v) is 4.65. The molecule has 2 aromatic rings. The zero-order chi connectivity index (χ0) is 19.2. The summed E-state index contributed by atoms with van der Waals surface area (Å²) in [5, 5.41) is 13.4. The molecule has 0 aliphatic heterocycles. The van der Waals surface area contributed by atoms with E-state index in [0.717, 1.165) is 43.3 Å². The van der Waals surface area contributed by atoms with E-state index in [1.54, 1.807) is 0 Å². The van der Waals surface area contributed by atoms with Crippen molar-refractivity contribution in [2.45, 2.75) is 45.6 Å². The third-order valence-electron chi connectivity index (χ3n) is 5.39. The lowest BCUT2D eigenvalue weighted by atomic mass is 9.82. The van der Waals surface area contributed by atoms with E-state index in [9.17, 15) is 4.79 Å². The van der Waals surface area contributed by atoms with Crippen LogP contribution in [0.1, 0.15) is 38.3 Å². The standard InChI is InChI=1S/C21H27BrN2O3/c1-2-18-20(17-6-4-3-5-7-17)21(22)23-24(18)12-15-8-10-16(11-9-15)13-27-14-19(25)26/h3-7,15-16H,2,8-14H2,1H3,(H,25,26)/t15-,16-. The van der Waals surface area contributed by atoms with E-state index in [2.05, 4.69) is 51.8 Å². The Morgan fingerprint density at radius 3 is 2.52 bits per heavy atom. The summed E-state index contributed by atoms with van der Waals surface area (Å²) in [6.07, 6.45) is 5.42. The van der Waals surface area contributed by atoms with Crippen molar-refractivity contribution in [3.8, 4) is 11.1 Å². The Bertz CT molecular complexity index is 752. The van der Waals surface area contributed by atoms with E-state index in [0.29, 0.717) is 18.4 Å². The summed E-state index contributed by atoms with van der Waals surface area (Å²) < 4.78 is 8.37. The van der Waals surface area contributed by atoms with Crippen LogP contribution in [-0.4, -0.2) is 34.1 Å². The molecule has 3 rings (SSSR count). The van der Waals surface area contributed by atoms with Gasteiger partial charge in [-0.3, -0.25) is 4.68 Å². The molecule has 1 heterocycles. The molecule has 1 fully saturated rings. The first-order valence-electron chi connectivity index (χ1n) is 9.68. The molecule has 1 N–H and O–H groups in total. The number of aromatic nitrogens is 2. The number of rotatable bonds is 8. The average molecular weight is 435 g/mol. The fraction of sp³-hybridized carbons (Fsp3) is 0.524. The summed E-state index contributed by atoms with van der Waals surface area (Å²) in [6, 6.07) is 10.4. The zero-order valence-corrected chi connectivity index (χ0v) is 17.3. The number of halogens is 1. The minimum atomic E-state index is -0.894. The maximum absolute atomic E-state index is 10.6. The number of benzene rings is 1. The Hall–Kier alpha value is -1.66. The zero-order valence-electron chi connectivity index (χ0n) is 15.7. The van der Waals surface area contributed by atoms with Crippen LogP contribution in [0.5, 0.6) is 0 Å². The summed E-state index contributed by atoms with van der Waals surface area (Å²) in [5.74, 6) is 0.200. The van der Waals surface area contributed by atoms with Crippen molar-refractivity contribution in [2.75, 3.05) is 13.2 Å². The number of nitrogens with zero attached hydrogens (tertiary/aromatic N) is 2. The first-order valence-corrected chi connectivity index (χ1v) is 10.5. The Morgan fingerprint density at radius 1 is 1.22 bits per heavy atom. The van der Waals surface area contributed by atoms with E-state index in [-0.39, 0.29) is 6.61 Å². The minimum absolute atomic E-state index is 0.191. The normalized spacial score (nSPS) is 19.9. The van der Waals surface area contributed by atoms with E-state index in [1.807, 2.05) is 6.07 Å². The summed E-state index contributed by atoms with van der Waals surface area (Å²) in [4.78, 5) is 10.6. The van der Waals surface area contributed by atoms with Crippen molar-refractivity contribution < 1.29 is 14.6 Å². The average Bonchev–Trinajstić information content (AvgIpc) is 2.98. The van der Waals surface area contributed by atoms with Crippen LogP contribution in [0.25, 0.3) is 11.1 Å². The van der Waals surface area contributed by atoms with Gasteiger partial charge in [-0.2, -0.15) is 5.10 Å². The predicted molar refractivity (Wildman–Crippen MR) is 109 cm³/mol. The molecule has 6 heteroatoms. The number of carboxylic acids is 1. The van der Waals surface area contributed by atoms with Gasteiger partial charge in [0.15, 0.2) is 0 Å². The van der Waals surface area contributed by atoms with E-state index in [4.69, 9.17) is 14.9 Å². The molecule has 0 amide bonds. The summed E-state index contributed by atoms with van der Waals surface area (Å²) >= 11 is 3.66. The van der Waals surface area contributed by atoms with E-state index >= 15 is 0 Å².